The van der Waals surface area contributed by atoms with Gasteiger partial charge in [-0.25, -0.2) is 0 Å². The van der Waals surface area contributed by atoms with E-state index in [-0.39, 0.29) is 23.4 Å². The van der Waals surface area contributed by atoms with E-state index in [2.05, 4.69) is 5.32 Å². The van der Waals surface area contributed by atoms with E-state index < -0.39 is 17.2 Å². The number of hydrogen-bond acceptors (Lipinski definition) is 2. The zero-order valence-corrected chi connectivity index (χ0v) is 12.9. The molecule has 22 heavy (non-hydrogen) atoms. The van der Waals surface area contributed by atoms with Gasteiger partial charge in [0.25, 0.3) is 0 Å². The van der Waals surface area contributed by atoms with Gasteiger partial charge in [0, 0.05) is 11.1 Å². The van der Waals surface area contributed by atoms with Crippen LogP contribution >= 0.6 is 0 Å². The molecule has 0 saturated heterocycles. The zero-order chi connectivity index (χ0) is 16.5. The van der Waals surface area contributed by atoms with Crippen molar-refractivity contribution in [3.63, 3.8) is 0 Å². The van der Waals surface area contributed by atoms with E-state index in [0.29, 0.717) is 6.42 Å². The molecule has 1 aliphatic carbocycles. The first-order chi connectivity index (χ1) is 10.2. The van der Waals surface area contributed by atoms with Gasteiger partial charge in [-0.05, 0) is 44.4 Å². The van der Waals surface area contributed by atoms with Crippen molar-refractivity contribution in [2.24, 2.45) is 5.41 Å². The molecule has 1 aromatic rings. The molecule has 1 aliphatic rings. The smallest absolute Gasteiger partial charge is 0.420 e. The van der Waals surface area contributed by atoms with E-state index >= 15 is 0 Å². The largest absolute Gasteiger partial charge is 0.490 e. The summed E-state index contributed by atoms with van der Waals surface area (Å²) in [6, 6.07) is 3.64. The Labute approximate surface area is 127 Å². The molecule has 1 atom stereocenters. The monoisotopic (exact) mass is 315 g/mol. The lowest BCUT2D eigenvalue weighted by atomic mass is 10.1. The first kappa shape index (κ1) is 16.6. The van der Waals surface area contributed by atoms with Crippen LogP contribution in [-0.4, -0.2) is 12.0 Å². The number of carbonyl (C=O) groups excluding carboxylic acids is 1. The van der Waals surface area contributed by atoms with Crippen molar-refractivity contribution >= 4 is 11.6 Å². The third-order valence-electron chi connectivity index (χ3n) is 3.99. The maximum atomic E-state index is 13.2. The predicted molar refractivity (Wildman–Crippen MR) is 77.8 cm³/mol. The summed E-state index contributed by atoms with van der Waals surface area (Å²) in [7, 11) is 0. The second kappa shape index (κ2) is 5.82. The van der Waals surface area contributed by atoms with Crippen molar-refractivity contribution in [1.29, 1.82) is 0 Å². The summed E-state index contributed by atoms with van der Waals surface area (Å²) in [5, 5.41) is 2.56. The molecule has 2 rings (SSSR count). The topological polar surface area (TPSA) is 38.3 Å². The van der Waals surface area contributed by atoms with E-state index in [0.717, 1.165) is 18.9 Å². The van der Waals surface area contributed by atoms with Crippen molar-refractivity contribution in [2.75, 3.05) is 5.32 Å². The standard InChI is InChI=1S/C16H20F3NO2/c1-4-10(2)22-13-6-5-11(9-12(13)16(17,18)19)20-14(21)15(3)7-8-15/h5-6,9-10H,4,7-8H2,1-3H3,(H,20,21). The lowest BCUT2D eigenvalue weighted by molar-refractivity contribution is -0.139. The number of carbonyl (C=O) groups is 1. The SMILES string of the molecule is CCC(C)Oc1ccc(NC(=O)C2(C)CC2)cc1C(F)(F)F. The lowest BCUT2D eigenvalue weighted by Crippen LogP contribution is -2.22. The van der Waals surface area contributed by atoms with Crippen LogP contribution in [0.2, 0.25) is 0 Å². The second-order valence-electron chi connectivity index (χ2n) is 6.06. The molecule has 0 bridgehead atoms. The van der Waals surface area contributed by atoms with Gasteiger partial charge in [0.15, 0.2) is 0 Å². The molecule has 1 N–H and O–H groups in total. The molecule has 0 radical (unpaired) electrons. The molecule has 1 fully saturated rings. The number of hydrogen-bond donors (Lipinski definition) is 1. The Bertz CT molecular complexity index is 565. The average molecular weight is 315 g/mol. The summed E-state index contributed by atoms with van der Waals surface area (Å²) in [4.78, 5) is 11.9. The molecule has 3 nitrogen and oxygen atoms in total. The van der Waals surface area contributed by atoms with Gasteiger partial charge in [-0.3, -0.25) is 4.79 Å². The summed E-state index contributed by atoms with van der Waals surface area (Å²) in [6.07, 6.45) is -2.71. The molecular weight excluding hydrogens is 295 g/mol. The van der Waals surface area contributed by atoms with Crippen LogP contribution in [0, 0.1) is 5.41 Å². The van der Waals surface area contributed by atoms with Gasteiger partial charge in [0.2, 0.25) is 5.91 Å². The Kier molecular flexibility index (Phi) is 4.40. The first-order valence-corrected chi connectivity index (χ1v) is 7.35. The summed E-state index contributed by atoms with van der Waals surface area (Å²) in [5.41, 5.74) is -1.17. The fourth-order valence-electron chi connectivity index (χ4n) is 1.93. The van der Waals surface area contributed by atoms with E-state index in [9.17, 15) is 18.0 Å². The molecule has 0 heterocycles. The molecule has 122 valence electrons. The Morgan fingerprint density at radius 1 is 1.41 bits per heavy atom. The number of benzene rings is 1. The highest BCUT2D eigenvalue weighted by Crippen LogP contribution is 2.46. The van der Waals surface area contributed by atoms with E-state index in [1.54, 1.807) is 13.8 Å². The highest BCUT2D eigenvalue weighted by Gasteiger charge is 2.45. The predicted octanol–water partition coefficient (Wildman–Crippen LogP) is 4.62. The van der Waals surface area contributed by atoms with Crippen molar-refractivity contribution < 1.29 is 22.7 Å². The molecule has 1 unspecified atom stereocenters. The number of ether oxygens (including phenoxy) is 1. The molecular formula is C16H20F3NO2. The van der Waals surface area contributed by atoms with Crippen molar-refractivity contribution in [1.82, 2.24) is 0 Å². The Morgan fingerprint density at radius 2 is 2.05 bits per heavy atom. The number of halogens is 3. The first-order valence-electron chi connectivity index (χ1n) is 7.35. The van der Waals surface area contributed by atoms with Crippen molar-refractivity contribution in [3.05, 3.63) is 23.8 Å². The molecule has 0 spiro atoms. The summed E-state index contributed by atoms with van der Waals surface area (Å²) in [6.45, 7) is 5.35. The highest BCUT2D eigenvalue weighted by atomic mass is 19.4. The minimum atomic E-state index is -4.53. The van der Waals surface area contributed by atoms with Crippen LogP contribution in [0.5, 0.6) is 5.75 Å². The van der Waals surface area contributed by atoms with Gasteiger partial charge in [-0.1, -0.05) is 13.8 Å². The summed E-state index contributed by atoms with van der Waals surface area (Å²) >= 11 is 0. The Morgan fingerprint density at radius 3 is 2.55 bits per heavy atom. The maximum Gasteiger partial charge on any atom is 0.420 e. The molecule has 0 aliphatic heterocycles. The zero-order valence-electron chi connectivity index (χ0n) is 12.9. The highest BCUT2D eigenvalue weighted by molar-refractivity contribution is 5.97. The van der Waals surface area contributed by atoms with Gasteiger partial charge in [-0.2, -0.15) is 13.2 Å². The normalized spacial score (nSPS) is 17.7. The number of alkyl halides is 3. The maximum absolute atomic E-state index is 13.2. The molecule has 1 saturated carbocycles. The van der Waals surface area contributed by atoms with Gasteiger partial charge >= 0.3 is 6.18 Å². The summed E-state index contributed by atoms with van der Waals surface area (Å²) < 4.78 is 44.8. The molecule has 6 heteroatoms. The average Bonchev–Trinajstić information content (AvgIpc) is 3.18. The van der Waals surface area contributed by atoms with Crippen LogP contribution in [0.3, 0.4) is 0 Å². The van der Waals surface area contributed by atoms with Crippen molar-refractivity contribution in [2.45, 2.75) is 52.3 Å². The van der Waals surface area contributed by atoms with Crippen LogP contribution in [0.4, 0.5) is 18.9 Å². The lowest BCUT2D eigenvalue weighted by Gasteiger charge is -2.19. The number of amides is 1. The minimum Gasteiger partial charge on any atom is -0.490 e. The van der Waals surface area contributed by atoms with Crippen LogP contribution in [0.15, 0.2) is 18.2 Å². The fourth-order valence-corrected chi connectivity index (χ4v) is 1.93. The van der Waals surface area contributed by atoms with Gasteiger partial charge < -0.3 is 10.1 Å². The van der Waals surface area contributed by atoms with Crippen LogP contribution in [-0.2, 0) is 11.0 Å². The van der Waals surface area contributed by atoms with Gasteiger partial charge in [-0.15, -0.1) is 0 Å². The van der Waals surface area contributed by atoms with Crippen LogP contribution in [0.1, 0.15) is 45.6 Å². The Balaban J connectivity index is 2.25. The van der Waals surface area contributed by atoms with Crippen LogP contribution in [0.25, 0.3) is 0 Å². The van der Waals surface area contributed by atoms with E-state index in [4.69, 9.17) is 4.74 Å². The molecule has 0 aromatic heterocycles. The van der Waals surface area contributed by atoms with Crippen LogP contribution < -0.4 is 10.1 Å². The molecule has 1 amide bonds. The minimum absolute atomic E-state index is 0.141. The van der Waals surface area contributed by atoms with Gasteiger partial charge in [0.1, 0.15) is 5.75 Å². The molecule has 1 aromatic carbocycles. The number of rotatable bonds is 5. The number of nitrogens with one attached hydrogen (secondary N) is 1. The quantitative estimate of drug-likeness (QED) is 0.861. The third kappa shape index (κ3) is 3.72. The fraction of sp³-hybridized carbons (Fsp3) is 0.562. The number of anilines is 1. The van der Waals surface area contributed by atoms with E-state index in [1.165, 1.54) is 12.1 Å². The van der Waals surface area contributed by atoms with E-state index in [1.807, 2.05) is 6.92 Å². The third-order valence-corrected chi connectivity index (χ3v) is 3.99. The summed E-state index contributed by atoms with van der Waals surface area (Å²) in [5.74, 6) is -0.450. The Hall–Kier alpha value is -1.72. The van der Waals surface area contributed by atoms with Crippen molar-refractivity contribution in [3.8, 4) is 5.75 Å². The van der Waals surface area contributed by atoms with Gasteiger partial charge in [0.05, 0.1) is 11.7 Å². The second-order valence-corrected chi connectivity index (χ2v) is 6.06.